The van der Waals surface area contributed by atoms with Gasteiger partial charge in [0.1, 0.15) is 5.82 Å². The summed E-state index contributed by atoms with van der Waals surface area (Å²) in [6.45, 7) is 8.57. The number of hydrogen-bond acceptors (Lipinski definition) is 3. The van der Waals surface area contributed by atoms with Gasteiger partial charge in [0.2, 0.25) is 5.91 Å². The molecule has 0 aromatic heterocycles. The molecule has 5 heteroatoms. The molecule has 0 radical (unpaired) electrons. The molecule has 0 bridgehead atoms. The Kier molecular flexibility index (Phi) is 6.43. The van der Waals surface area contributed by atoms with Crippen LogP contribution in [0.15, 0.2) is 24.3 Å². The highest BCUT2D eigenvalue weighted by atomic mass is 19.1. The zero-order valence-corrected chi connectivity index (χ0v) is 15.1. The second-order valence-electron chi connectivity index (χ2n) is 7.19. The van der Waals surface area contributed by atoms with Gasteiger partial charge in [-0.3, -0.25) is 9.69 Å². The Bertz CT molecular complexity index is 549. The fourth-order valence-electron chi connectivity index (χ4n) is 3.95. The van der Waals surface area contributed by atoms with E-state index in [1.807, 2.05) is 11.8 Å². The number of carbonyl (C=O) groups is 1. The smallest absolute Gasteiger partial charge is 0.230 e. The van der Waals surface area contributed by atoms with E-state index in [1.54, 1.807) is 12.1 Å². The van der Waals surface area contributed by atoms with E-state index in [1.165, 1.54) is 12.1 Å². The minimum atomic E-state index is -0.255. The summed E-state index contributed by atoms with van der Waals surface area (Å²) in [6, 6.07) is 6.37. The molecule has 0 aliphatic carbocycles. The number of likely N-dealkylation sites (tertiary alicyclic amines) is 1. The monoisotopic (exact) mass is 348 g/mol. The summed E-state index contributed by atoms with van der Waals surface area (Å²) in [5.74, 6) is 0.457. The van der Waals surface area contributed by atoms with Crippen molar-refractivity contribution in [3.8, 4) is 0 Å². The van der Waals surface area contributed by atoms with Crippen molar-refractivity contribution >= 4 is 5.91 Å². The molecule has 2 fully saturated rings. The number of carbonyl (C=O) groups excluding carboxylic acids is 1. The molecule has 2 aliphatic rings. The Morgan fingerprint density at radius 2 is 1.80 bits per heavy atom. The van der Waals surface area contributed by atoms with Crippen molar-refractivity contribution in [3.63, 3.8) is 0 Å². The predicted molar refractivity (Wildman–Crippen MR) is 96.0 cm³/mol. The van der Waals surface area contributed by atoms with Gasteiger partial charge in [-0.25, -0.2) is 4.39 Å². The molecular weight excluding hydrogens is 319 g/mol. The summed E-state index contributed by atoms with van der Waals surface area (Å²) in [7, 11) is 0. The second-order valence-corrected chi connectivity index (χ2v) is 7.19. The fourth-order valence-corrected chi connectivity index (χ4v) is 3.95. The van der Waals surface area contributed by atoms with Gasteiger partial charge in [0.25, 0.3) is 0 Å². The molecule has 1 unspecified atom stereocenters. The number of piperidine rings is 1. The van der Waals surface area contributed by atoms with Gasteiger partial charge >= 0.3 is 0 Å². The Morgan fingerprint density at radius 1 is 1.16 bits per heavy atom. The van der Waals surface area contributed by atoms with E-state index in [0.29, 0.717) is 5.92 Å². The highest BCUT2D eigenvalue weighted by molar-refractivity contribution is 5.83. The molecule has 0 N–H and O–H groups in total. The Hall–Kier alpha value is -1.46. The molecule has 2 heterocycles. The maximum atomic E-state index is 13.1. The van der Waals surface area contributed by atoms with Crippen molar-refractivity contribution in [1.82, 2.24) is 9.80 Å². The minimum Gasteiger partial charge on any atom is -0.379 e. The highest BCUT2D eigenvalue weighted by Gasteiger charge is 2.29. The van der Waals surface area contributed by atoms with Gasteiger partial charge in [-0.1, -0.05) is 19.1 Å². The zero-order chi connectivity index (χ0) is 17.6. The summed E-state index contributed by atoms with van der Waals surface area (Å²) in [5, 5.41) is 0. The molecule has 1 atom stereocenters. The number of morpholine rings is 1. The number of amides is 1. The van der Waals surface area contributed by atoms with Crippen molar-refractivity contribution in [2.24, 2.45) is 5.92 Å². The van der Waals surface area contributed by atoms with Crippen molar-refractivity contribution in [1.29, 1.82) is 0 Å². The predicted octanol–water partition coefficient (Wildman–Crippen LogP) is 2.89. The number of rotatable bonds is 5. The molecule has 0 spiro atoms. The van der Waals surface area contributed by atoms with Crippen LogP contribution in [0.1, 0.15) is 37.7 Å². The molecule has 1 aromatic rings. The van der Waals surface area contributed by atoms with Crippen LogP contribution in [-0.2, 0) is 9.53 Å². The molecule has 25 heavy (non-hydrogen) atoms. The van der Waals surface area contributed by atoms with E-state index in [4.69, 9.17) is 4.74 Å². The van der Waals surface area contributed by atoms with Gasteiger partial charge < -0.3 is 9.64 Å². The molecule has 138 valence electrons. The summed E-state index contributed by atoms with van der Waals surface area (Å²) < 4.78 is 18.5. The van der Waals surface area contributed by atoms with Crippen molar-refractivity contribution in [2.75, 3.05) is 45.9 Å². The summed E-state index contributed by atoms with van der Waals surface area (Å²) in [4.78, 5) is 17.4. The van der Waals surface area contributed by atoms with Gasteiger partial charge in [-0.15, -0.1) is 0 Å². The Balaban J connectivity index is 1.52. The fraction of sp³-hybridized carbons (Fsp3) is 0.650. The first-order valence-corrected chi connectivity index (χ1v) is 9.51. The van der Waals surface area contributed by atoms with Crippen molar-refractivity contribution < 1.29 is 13.9 Å². The zero-order valence-electron chi connectivity index (χ0n) is 15.1. The molecule has 2 aliphatic heterocycles. The van der Waals surface area contributed by atoms with Crippen LogP contribution < -0.4 is 0 Å². The average Bonchev–Trinajstić information content (AvgIpc) is 2.65. The van der Waals surface area contributed by atoms with Crippen molar-refractivity contribution in [2.45, 2.75) is 32.1 Å². The van der Waals surface area contributed by atoms with Crippen molar-refractivity contribution in [3.05, 3.63) is 35.6 Å². The van der Waals surface area contributed by atoms with Gasteiger partial charge in [-0.05, 0) is 42.9 Å². The van der Waals surface area contributed by atoms with E-state index < -0.39 is 0 Å². The first-order chi connectivity index (χ1) is 12.2. The van der Waals surface area contributed by atoms with Crippen LogP contribution in [0.3, 0.4) is 0 Å². The first-order valence-electron chi connectivity index (χ1n) is 9.51. The third kappa shape index (κ3) is 4.79. The molecule has 1 amide bonds. The lowest BCUT2D eigenvalue weighted by molar-refractivity contribution is -0.134. The molecular formula is C20H29FN2O2. The minimum absolute atomic E-state index is 0.156. The van der Waals surface area contributed by atoms with E-state index in [9.17, 15) is 9.18 Å². The van der Waals surface area contributed by atoms with Gasteiger partial charge in [0, 0.05) is 32.7 Å². The van der Waals surface area contributed by atoms with Crippen LogP contribution in [0.25, 0.3) is 0 Å². The quantitative estimate of drug-likeness (QED) is 0.820. The summed E-state index contributed by atoms with van der Waals surface area (Å²) in [6.07, 6.45) is 2.89. The van der Waals surface area contributed by atoms with Gasteiger partial charge in [-0.2, -0.15) is 0 Å². The maximum Gasteiger partial charge on any atom is 0.230 e. The van der Waals surface area contributed by atoms with Gasteiger partial charge in [0.05, 0.1) is 19.1 Å². The van der Waals surface area contributed by atoms with E-state index in [0.717, 1.165) is 70.8 Å². The molecule has 3 rings (SSSR count). The largest absolute Gasteiger partial charge is 0.379 e. The van der Waals surface area contributed by atoms with Crippen LogP contribution in [-0.4, -0.2) is 61.6 Å². The molecule has 0 saturated carbocycles. The topological polar surface area (TPSA) is 32.8 Å². The maximum absolute atomic E-state index is 13.1. The number of ether oxygens (including phenoxy) is 1. The van der Waals surface area contributed by atoms with E-state index in [2.05, 4.69) is 4.90 Å². The molecule has 1 aromatic carbocycles. The van der Waals surface area contributed by atoms with Crippen LogP contribution in [0.4, 0.5) is 4.39 Å². The van der Waals surface area contributed by atoms with Crippen LogP contribution in [0, 0.1) is 11.7 Å². The van der Waals surface area contributed by atoms with Crippen LogP contribution >= 0.6 is 0 Å². The van der Waals surface area contributed by atoms with E-state index in [-0.39, 0.29) is 17.6 Å². The Morgan fingerprint density at radius 3 is 2.40 bits per heavy atom. The van der Waals surface area contributed by atoms with Gasteiger partial charge in [0.15, 0.2) is 0 Å². The number of halogens is 1. The van der Waals surface area contributed by atoms with E-state index >= 15 is 0 Å². The van der Waals surface area contributed by atoms with Crippen LogP contribution in [0.5, 0.6) is 0 Å². The third-order valence-corrected chi connectivity index (χ3v) is 5.53. The molecule has 4 nitrogen and oxygen atoms in total. The lowest BCUT2D eigenvalue weighted by Crippen LogP contribution is -2.45. The lowest BCUT2D eigenvalue weighted by atomic mass is 9.91. The molecule has 2 saturated heterocycles. The SMILES string of the molecule is CCC(C(=O)N1CCC(CN2CCOCC2)CC1)c1ccc(F)cc1. The Labute approximate surface area is 149 Å². The number of benzene rings is 1. The third-order valence-electron chi connectivity index (χ3n) is 5.53. The summed E-state index contributed by atoms with van der Waals surface area (Å²) >= 11 is 0. The highest BCUT2D eigenvalue weighted by Crippen LogP contribution is 2.26. The lowest BCUT2D eigenvalue weighted by Gasteiger charge is -2.37. The average molecular weight is 348 g/mol. The first kappa shape index (κ1) is 18.3. The second kappa shape index (κ2) is 8.77. The number of nitrogens with zero attached hydrogens (tertiary/aromatic N) is 2. The number of hydrogen-bond donors (Lipinski definition) is 0. The normalized spacial score (nSPS) is 21.3. The summed E-state index contributed by atoms with van der Waals surface area (Å²) in [5.41, 5.74) is 0.921. The standard InChI is InChI=1S/C20H29FN2O2/c1-2-19(17-3-5-18(21)6-4-17)20(24)23-9-7-16(8-10-23)15-22-11-13-25-14-12-22/h3-6,16,19H,2,7-15H2,1H3. The van der Waals surface area contributed by atoms with Crippen LogP contribution in [0.2, 0.25) is 0 Å².